The molecule has 1 aliphatic rings. The molecule has 7 heteroatoms. The first kappa shape index (κ1) is 21.3. The molecular weight excluding hydrogens is 417 g/mol. The van der Waals surface area contributed by atoms with Crippen LogP contribution in [0.1, 0.15) is 21.6 Å². The Hall–Kier alpha value is -3.58. The van der Waals surface area contributed by atoms with Gasteiger partial charge in [0.1, 0.15) is 5.82 Å². The molecule has 0 N–H and O–H groups in total. The maximum atomic E-state index is 13.6. The van der Waals surface area contributed by atoms with Crippen LogP contribution in [-0.4, -0.2) is 56.7 Å². The van der Waals surface area contributed by atoms with Gasteiger partial charge in [0.25, 0.3) is 5.91 Å². The van der Waals surface area contributed by atoms with Crippen LogP contribution < -0.4 is 0 Å². The van der Waals surface area contributed by atoms with E-state index < -0.39 is 0 Å². The van der Waals surface area contributed by atoms with Crippen molar-refractivity contribution in [3.63, 3.8) is 0 Å². The molecule has 1 saturated heterocycles. The largest absolute Gasteiger partial charge is 0.336 e. The summed E-state index contributed by atoms with van der Waals surface area (Å²) in [6.07, 6.45) is 1.80. The van der Waals surface area contributed by atoms with E-state index in [9.17, 15) is 9.18 Å². The zero-order valence-corrected chi connectivity index (χ0v) is 18.8. The zero-order chi connectivity index (χ0) is 22.9. The molecule has 0 saturated carbocycles. The van der Waals surface area contributed by atoms with Gasteiger partial charge in [-0.05, 0) is 36.8 Å². The molecule has 1 amide bonds. The Balaban J connectivity index is 1.39. The van der Waals surface area contributed by atoms with Crippen molar-refractivity contribution in [2.75, 3.05) is 26.2 Å². The monoisotopic (exact) mass is 443 g/mol. The zero-order valence-electron chi connectivity index (χ0n) is 18.8. The molecule has 0 unspecified atom stereocenters. The summed E-state index contributed by atoms with van der Waals surface area (Å²) in [7, 11) is 1.90. The van der Waals surface area contributed by atoms with Crippen LogP contribution in [0.3, 0.4) is 0 Å². The minimum absolute atomic E-state index is 0.0156. The number of hydrogen-bond acceptors (Lipinski definition) is 4. The van der Waals surface area contributed by atoms with Crippen molar-refractivity contribution in [2.45, 2.75) is 13.5 Å². The topological polar surface area (TPSA) is 54.3 Å². The highest BCUT2D eigenvalue weighted by molar-refractivity contribution is 6.07. The molecule has 0 bridgehead atoms. The van der Waals surface area contributed by atoms with Crippen LogP contribution in [0.15, 0.2) is 60.8 Å². The van der Waals surface area contributed by atoms with E-state index in [1.807, 2.05) is 60.0 Å². The summed E-state index contributed by atoms with van der Waals surface area (Å²) < 4.78 is 15.3. The van der Waals surface area contributed by atoms with E-state index in [0.717, 1.165) is 46.5 Å². The Morgan fingerprint density at radius 3 is 2.55 bits per heavy atom. The summed E-state index contributed by atoms with van der Waals surface area (Å²) in [4.78, 5) is 22.6. The Morgan fingerprint density at radius 1 is 1.03 bits per heavy atom. The Kier molecular flexibility index (Phi) is 5.64. The number of amides is 1. The van der Waals surface area contributed by atoms with Crippen molar-refractivity contribution in [3.05, 3.63) is 83.4 Å². The highest BCUT2D eigenvalue weighted by atomic mass is 19.1. The van der Waals surface area contributed by atoms with Crippen LogP contribution in [0, 0.1) is 12.7 Å². The first-order valence-electron chi connectivity index (χ1n) is 11.1. The molecule has 1 fully saturated rings. The van der Waals surface area contributed by atoms with Crippen LogP contribution in [0.2, 0.25) is 0 Å². The minimum atomic E-state index is -0.217. The molecule has 2 aromatic heterocycles. The molecule has 33 heavy (non-hydrogen) atoms. The third-order valence-corrected chi connectivity index (χ3v) is 6.41. The van der Waals surface area contributed by atoms with Gasteiger partial charge in [0.15, 0.2) is 0 Å². The summed E-state index contributed by atoms with van der Waals surface area (Å²) in [5.41, 5.74) is 5.10. The maximum absolute atomic E-state index is 13.6. The van der Waals surface area contributed by atoms with Gasteiger partial charge in [-0.25, -0.2) is 9.37 Å². The standard InChI is InChI=1S/C26H26FN5O/c1-18-23(16-28-30(18)2)25-15-22(21-8-3-4-9-24(21)29-25)26(33)32-12-10-31(11-13-32)17-19-6-5-7-20(27)14-19/h3-9,14-16H,10-13,17H2,1-2H3. The molecule has 0 atom stereocenters. The van der Waals surface area contributed by atoms with Crippen LogP contribution in [0.4, 0.5) is 4.39 Å². The molecule has 4 aromatic rings. The van der Waals surface area contributed by atoms with Gasteiger partial charge in [-0.15, -0.1) is 0 Å². The van der Waals surface area contributed by atoms with Gasteiger partial charge in [0.05, 0.1) is 23.0 Å². The van der Waals surface area contributed by atoms with Gasteiger partial charge in [-0.1, -0.05) is 30.3 Å². The predicted octanol–water partition coefficient (Wildman–Crippen LogP) is 4.04. The number of hydrogen-bond donors (Lipinski definition) is 0. The number of pyridine rings is 1. The van der Waals surface area contributed by atoms with Crippen LogP contribution in [0.5, 0.6) is 0 Å². The van der Waals surface area contributed by atoms with E-state index in [-0.39, 0.29) is 11.7 Å². The van der Waals surface area contributed by atoms with Crippen molar-refractivity contribution in [1.82, 2.24) is 24.6 Å². The van der Waals surface area contributed by atoms with Gasteiger partial charge in [0, 0.05) is 56.4 Å². The van der Waals surface area contributed by atoms with Crippen LogP contribution in [0.25, 0.3) is 22.2 Å². The Labute approximate surface area is 192 Å². The number of benzene rings is 2. The average molecular weight is 444 g/mol. The molecule has 2 aromatic carbocycles. The number of aromatic nitrogens is 3. The molecule has 168 valence electrons. The highest BCUT2D eigenvalue weighted by Gasteiger charge is 2.25. The van der Waals surface area contributed by atoms with Gasteiger partial charge < -0.3 is 4.90 Å². The number of para-hydroxylation sites is 1. The molecule has 3 heterocycles. The summed E-state index contributed by atoms with van der Waals surface area (Å²) in [5.74, 6) is -0.202. The van der Waals surface area contributed by atoms with E-state index in [0.29, 0.717) is 25.2 Å². The molecule has 1 aliphatic heterocycles. The number of carbonyl (C=O) groups excluding carboxylic acids is 1. The second-order valence-corrected chi connectivity index (χ2v) is 8.54. The maximum Gasteiger partial charge on any atom is 0.254 e. The Morgan fingerprint density at radius 2 is 1.82 bits per heavy atom. The first-order chi connectivity index (χ1) is 16.0. The fourth-order valence-electron chi connectivity index (χ4n) is 4.41. The quantitative estimate of drug-likeness (QED) is 0.478. The summed E-state index contributed by atoms with van der Waals surface area (Å²) in [6.45, 7) is 5.44. The van der Waals surface area contributed by atoms with Gasteiger partial charge in [0.2, 0.25) is 0 Å². The van der Waals surface area contributed by atoms with Gasteiger partial charge in [-0.2, -0.15) is 5.10 Å². The van der Waals surface area contributed by atoms with E-state index >= 15 is 0 Å². The summed E-state index contributed by atoms with van der Waals surface area (Å²) in [5, 5.41) is 5.19. The van der Waals surface area contributed by atoms with Crippen LogP contribution >= 0.6 is 0 Å². The van der Waals surface area contributed by atoms with E-state index in [1.54, 1.807) is 18.3 Å². The SMILES string of the molecule is Cc1c(-c2cc(C(=O)N3CCN(Cc4cccc(F)c4)CC3)c3ccccc3n2)cnn1C. The number of halogens is 1. The fraction of sp³-hybridized carbons (Fsp3) is 0.269. The molecule has 0 spiro atoms. The fourth-order valence-corrected chi connectivity index (χ4v) is 4.41. The third kappa shape index (κ3) is 4.24. The number of carbonyl (C=O) groups is 1. The smallest absolute Gasteiger partial charge is 0.254 e. The van der Waals surface area contributed by atoms with E-state index in [1.165, 1.54) is 6.07 Å². The van der Waals surface area contributed by atoms with Crippen molar-refractivity contribution in [2.24, 2.45) is 7.05 Å². The lowest BCUT2D eigenvalue weighted by Crippen LogP contribution is -2.48. The van der Waals surface area contributed by atoms with E-state index in [4.69, 9.17) is 4.98 Å². The molecule has 0 radical (unpaired) electrons. The van der Waals surface area contributed by atoms with E-state index in [2.05, 4.69) is 10.00 Å². The second kappa shape index (κ2) is 8.75. The van der Waals surface area contributed by atoms with Gasteiger partial charge >= 0.3 is 0 Å². The first-order valence-corrected chi connectivity index (χ1v) is 11.1. The molecule has 6 nitrogen and oxygen atoms in total. The number of piperazine rings is 1. The molecular formula is C26H26FN5O. The lowest BCUT2D eigenvalue weighted by molar-refractivity contribution is 0.0630. The van der Waals surface area contributed by atoms with Crippen molar-refractivity contribution < 1.29 is 9.18 Å². The van der Waals surface area contributed by atoms with Crippen molar-refractivity contribution in [1.29, 1.82) is 0 Å². The third-order valence-electron chi connectivity index (χ3n) is 6.41. The number of nitrogens with zero attached hydrogens (tertiary/aromatic N) is 5. The van der Waals surface area contributed by atoms with Gasteiger partial charge in [-0.3, -0.25) is 14.4 Å². The molecule has 5 rings (SSSR count). The Bertz CT molecular complexity index is 1320. The number of aryl methyl sites for hydroxylation is 1. The minimum Gasteiger partial charge on any atom is -0.336 e. The van der Waals surface area contributed by atoms with Crippen LogP contribution in [-0.2, 0) is 13.6 Å². The second-order valence-electron chi connectivity index (χ2n) is 8.54. The number of rotatable bonds is 4. The highest BCUT2D eigenvalue weighted by Crippen LogP contribution is 2.28. The van der Waals surface area contributed by atoms with Crippen molar-refractivity contribution >= 4 is 16.8 Å². The lowest BCUT2D eigenvalue weighted by Gasteiger charge is -2.35. The summed E-state index contributed by atoms with van der Waals surface area (Å²) >= 11 is 0. The molecule has 0 aliphatic carbocycles. The van der Waals surface area contributed by atoms with Crippen molar-refractivity contribution in [3.8, 4) is 11.3 Å². The average Bonchev–Trinajstić information content (AvgIpc) is 3.16. The normalized spacial score (nSPS) is 14.7. The lowest BCUT2D eigenvalue weighted by atomic mass is 10.0. The number of fused-ring (bicyclic) bond motifs is 1. The summed E-state index contributed by atoms with van der Waals surface area (Å²) in [6, 6.07) is 16.4. The predicted molar refractivity (Wildman–Crippen MR) is 126 cm³/mol.